The van der Waals surface area contributed by atoms with E-state index in [1.54, 1.807) is 23.5 Å². The highest BCUT2D eigenvalue weighted by Crippen LogP contribution is 2.22. The normalized spacial score (nSPS) is 16.4. The molecule has 1 aromatic carbocycles. The topological polar surface area (TPSA) is 28.2 Å². The largest absolute Gasteiger partial charge is 0.348 e. The van der Waals surface area contributed by atoms with Gasteiger partial charge in [0.1, 0.15) is 0 Å². The van der Waals surface area contributed by atoms with Crippen molar-refractivity contribution in [3.8, 4) is 0 Å². The molecule has 1 fully saturated rings. The summed E-state index contributed by atoms with van der Waals surface area (Å²) in [7, 11) is 0. The number of benzene rings is 1. The van der Waals surface area contributed by atoms with E-state index in [0.29, 0.717) is 6.04 Å². The fourth-order valence-electron chi connectivity index (χ4n) is 2.69. The first-order valence-electron chi connectivity index (χ1n) is 7.47. The number of aromatic nitrogens is 1. The lowest BCUT2D eigenvalue weighted by Gasteiger charge is -2.32. The average Bonchev–Trinajstić information content (AvgIpc) is 3.08. The van der Waals surface area contributed by atoms with Gasteiger partial charge in [-0.05, 0) is 18.4 Å². The van der Waals surface area contributed by atoms with Crippen molar-refractivity contribution in [3.05, 3.63) is 47.0 Å². The van der Waals surface area contributed by atoms with E-state index in [1.165, 1.54) is 12.1 Å². The van der Waals surface area contributed by atoms with E-state index in [9.17, 15) is 8.78 Å². The van der Waals surface area contributed by atoms with Gasteiger partial charge in [-0.2, -0.15) is 0 Å². The van der Waals surface area contributed by atoms with Gasteiger partial charge < -0.3 is 10.2 Å². The van der Waals surface area contributed by atoms with Crippen molar-refractivity contribution in [1.29, 1.82) is 0 Å². The first-order chi connectivity index (χ1) is 10.7. The SMILES string of the molecule is FC(F)c1ccc(CNC2CCN(c3nccs3)CC2)cc1. The molecule has 0 spiro atoms. The van der Waals surface area contributed by atoms with Crippen LogP contribution in [0, 0.1) is 0 Å². The van der Waals surface area contributed by atoms with Gasteiger partial charge in [0.15, 0.2) is 5.13 Å². The zero-order chi connectivity index (χ0) is 15.4. The maximum atomic E-state index is 12.5. The van der Waals surface area contributed by atoms with Crippen LogP contribution in [0.25, 0.3) is 0 Å². The van der Waals surface area contributed by atoms with Crippen LogP contribution in [-0.2, 0) is 6.54 Å². The smallest absolute Gasteiger partial charge is 0.263 e. The van der Waals surface area contributed by atoms with Crippen LogP contribution >= 0.6 is 11.3 Å². The van der Waals surface area contributed by atoms with Gasteiger partial charge in [0.2, 0.25) is 0 Å². The van der Waals surface area contributed by atoms with Crippen molar-refractivity contribution < 1.29 is 8.78 Å². The number of alkyl halides is 2. The van der Waals surface area contributed by atoms with Crippen LogP contribution in [-0.4, -0.2) is 24.1 Å². The molecule has 118 valence electrons. The van der Waals surface area contributed by atoms with Crippen molar-refractivity contribution in [2.24, 2.45) is 0 Å². The minimum Gasteiger partial charge on any atom is -0.348 e. The van der Waals surface area contributed by atoms with Crippen LogP contribution in [0.15, 0.2) is 35.8 Å². The first-order valence-corrected chi connectivity index (χ1v) is 8.35. The minimum atomic E-state index is -2.39. The third-order valence-corrected chi connectivity index (χ3v) is 4.84. The molecular weight excluding hydrogens is 304 g/mol. The Morgan fingerprint density at radius 3 is 2.55 bits per heavy atom. The number of nitrogens with zero attached hydrogens (tertiary/aromatic N) is 2. The molecule has 0 aliphatic carbocycles. The number of hydrogen-bond donors (Lipinski definition) is 1. The van der Waals surface area contributed by atoms with Crippen molar-refractivity contribution >= 4 is 16.5 Å². The Kier molecular flexibility index (Phi) is 5.00. The van der Waals surface area contributed by atoms with Gasteiger partial charge in [0.05, 0.1) is 0 Å². The molecule has 0 saturated carbocycles. The van der Waals surface area contributed by atoms with E-state index in [0.717, 1.165) is 43.2 Å². The summed E-state index contributed by atoms with van der Waals surface area (Å²) in [6.45, 7) is 2.75. The van der Waals surface area contributed by atoms with Gasteiger partial charge in [-0.15, -0.1) is 11.3 Å². The molecule has 0 atom stereocenters. The van der Waals surface area contributed by atoms with E-state index >= 15 is 0 Å². The fraction of sp³-hybridized carbons (Fsp3) is 0.438. The predicted octanol–water partition coefficient (Wildman–Crippen LogP) is 3.84. The van der Waals surface area contributed by atoms with Gasteiger partial charge in [-0.25, -0.2) is 13.8 Å². The molecule has 0 amide bonds. The van der Waals surface area contributed by atoms with Gasteiger partial charge in [-0.3, -0.25) is 0 Å². The zero-order valence-electron chi connectivity index (χ0n) is 12.2. The predicted molar refractivity (Wildman–Crippen MR) is 85.6 cm³/mol. The van der Waals surface area contributed by atoms with Crippen LogP contribution in [0.2, 0.25) is 0 Å². The lowest BCUT2D eigenvalue weighted by Crippen LogP contribution is -2.42. The van der Waals surface area contributed by atoms with E-state index < -0.39 is 6.43 Å². The second-order valence-corrected chi connectivity index (χ2v) is 6.37. The number of hydrogen-bond acceptors (Lipinski definition) is 4. The Hall–Kier alpha value is -1.53. The number of nitrogens with one attached hydrogen (secondary N) is 1. The van der Waals surface area contributed by atoms with E-state index in [4.69, 9.17) is 0 Å². The molecule has 0 unspecified atom stereocenters. The molecule has 0 radical (unpaired) electrons. The molecule has 1 aliphatic rings. The Morgan fingerprint density at radius 2 is 1.95 bits per heavy atom. The molecule has 1 aromatic heterocycles. The third-order valence-electron chi connectivity index (χ3n) is 4.01. The van der Waals surface area contributed by atoms with Crippen molar-refractivity contribution in [3.63, 3.8) is 0 Å². The summed E-state index contributed by atoms with van der Waals surface area (Å²) in [5, 5.41) is 6.62. The molecule has 1 saturated heterocycles. The molecule has 3 rings (SSSR count). The molecular formula is C16H19F2N3S. The second kappa shape index (κ2) is 7.15. The minimum absolute atomic E-state index is 0.0838. The van der Waals surface area contributed by atoms with Crippen molar-refractivity contribution in [2.75, 3.05) is 18.0 Å². The molecule has 2 aromatic rings. The van der Waals surface area contributed by atoms with E-state index in [1.807, 2.05) is 11.6 Å². The average molecular weight is 323 g/mol. The molecule has 1 aliphatic heterocycles. The molecule has 1 N–H and O–H groups in total. The maximum Gasteiger partial charge on any atom is 0.263 e. The quantitative estimate of drug-likeness (QED) is 0.906. The van der Waals surface area contributed by atoms with Crippen LogP contribution in [0.5, 0.6) is 0 Å². The highest BCUT2D eigenvalue weighted by atomic mass is 32.1. The van der Waals surface area contributed by atoms with E-state index in [-0.39, 0.29) is 5.56 Å². The van der Waals surface area contributed by atoms with Crippen LogP contribution in [0.3, 0.4) is 0 Å². The first kappa shape index (κ1) is 15.4. The Balaban J connectivity index is 1.45. The van der Waals surface area contributed by atoms with Crippen LogP contribution < -0.4 is 10.2 Å². The second-order valence-electron chi connectivity index (χ2n) is 5.50. The van der Waals surface area contributed by atoms with Gasteiger partial charge in [0, 0.05) is 42.8 Å². The molecule has 0 bridgehead atoms. The summed E-state index contributed by atoms with van der Waals surface area (Å²) in [6.07, 6.45) is 1.61. The maximum absolute atomic E-state index is 12.5. The lowest BCUT2D eigenvalue weighted by atomic mass is 10.0. The molecule has 2 heterocycles. The summed E-state index contributed by atoms with van der Waals surface area (Å²) in [4.78, 5) is 6.66. The van der Waals surface area contributed by atoms with Gasteiger partial charge in [0.25, 0.3) is 6.43 Å². The number of rotatable bonds is 5. The molecule has 3 nitrogen and oxygen atoms in total. The van der Waals surface area contributed by atoms with Gasteiger partial charge in [-0.1, -0.05) is 24.3 Å². The Bertz CT molecular complexity index is 564. The number of anilines is 1. The molecule has 22 heavy (non-hydrogen) atoms. The highest BCUT2D eigenvalue weighted by Gasteiger charge is 2.20. The summed E-state index contributed by atoms with van der Waals surface area (Å²) < 4.78 is 25.0. The Labute approximate surface area is 133 Å². The summed E-state index contributed by atoms with van der Waals surface area (Å²) in [5.74, 6) is 0. The van der Waals surface area contributed by atoms with Crippen LogP contribution in [0.4, 0.5) is 13.9 Å². The standard InChI is InChI=1S/C16H19F2N3S/c17-15(18)13-3-1-12(2-4-13)11-20-14-5-8-21(9-6-14)16-19-7-10-22-16/h1-4,7,10,14-15,20H,5-6,8-9,11H2. The number of piperidine rings is 1. The fourth-order valence-corrected chi connectivity index (χ4v) is 3.39. The Morgan fingerprint density at radius 1 is 1.23 bits per heavy atom. The van der Waals surface area contributed by atoms with E-state index in [2.05, 4.69) is 15.2 Å². The zero-order valence-corrected chi connectivity index (χ0v) is 13.0. The van der Waals surface area contributed by atoms with Crippen molar-refractivity contribution in [1.82, 2.24) is 10.3 Å². The van der Waals surface area contributed by atoms with Crippen LogP contribution in [0.1, 0.15) is 30.4 Å². The monoisotopic (exact) mass is 323 g/mol. The van der Waals surface area contributed by atoms with Gasteiger partial charge >= 0.3 is 0 Å². The number of halogens is 2. The summed E-state index contributed by atoms with van der Waals surface area (Å²) in [5.41, 5.74) is 1.13. The molecule has 6 heteroatoms. The third kappa shape index (κ3) is 3.81. The summed E-state index contributed by atoms with van der Waals surface area (Å²) >= 11 is 1.68. The van der Waals surface area contributed by atoms with Crippen molar-refractivity contribution in [2.45, 2.75) is 31.9 Å². The number of thiazole rings is 1. The lowest BCUT2D eigenvalue weighted by molar-refractivity contribution is 0.151. The summed E-state index contributed by atoms with van der Waals surface area (Å²) in [6, 6.07) is 7.05. The highest BCUT2D eigenvalue weighted by molar-refractivity contribution is 7.13.